The lowest BCUT2D eigenvalue weighted by Crippen LogP contribution is -2.39. The van der Waals surface area contributed by atoms with E-state index >= 15 is 0 Å². The minimum atomic E-state index is -0.649. The fourth-order valence-corrected chi connectivity index (χ4v) is 1.53. The standard InChI is InChI=1S/C12H16ClN3O2/c1-6(2)10(14)12(18)16-7-3-4-9(13)8(5-7)11(15)17/h3-6,10H,14H2,1-2H3,(H2,15,17)(H,16,18). The average Bonchev–Trinajstić information content (AvgIpc) is 2.29. The number of nitrogens with one attached hydrogen (secondary N) is 1. The Morgan fingerprint density at radius 2 is 1.94 bits per heavy atom. The molecule has 1 aromatic rings. The Balaban J connectivity index is 2.89. The molecule has 0 fully saturated rings. The smallest absolute Gasteiger partial charge is 0.250 e. The van der Waals surface area contributed by atoms with Gasteiger partial charge in [-0.15, -0.1) is 0 Å². The highest BCUT2D eigenvalue weighted by atomic mass is 35.5. The molecule has 0 saturated carbocycles. The predicted octanol–water partition coefficient (Wildman–Crippen LogP) is 1.36. The third kappa shape index (κ3) is 3.45. The van der Waals surface area contributed by atoms with Crippen LogP contribution in [0.2, 0.25) is 5.02 Å². The summed E-state index contributed by atoms with van der Waals surface area (Å²) >= 11 is 5.80. The monoisotopic (exact) mass is 269 g/mol. The van der Waals surface area contributed by atoms with E-state index < -0.39 is 11.9 Å². The topological polar surface area (TPSA) is 98.2 Å². The second kappa shape index (κ2) is 5.84. The van der Waals surface area contributed by atoms with E-state index in [1.165, 1.54) is 12.1 Å². The van der Waals surface area contributed by atoms with Gasteiger partial charge in [0.2, 0.25) is 11.8 Å². The molecule has 0 aliphatic carbocycles. The van der Waals surface area contributed by atoms with Crippen molar-refractivity contribution in [1.29, 1.82) is 0 Å². The molecule has 0 saturated heterocycles. The summed E-state index contributed by atoms with van der Waals surface area (Å²) in [6.45, 7) is 3.70. The van der Waals surface area contributed by atoms with Crippen molar-refractivity contribution in [1.82, 2.24) is 0 Å². The SMILES string of the molecule is CC(C)C(N)C(=O)Nc1ccc(Cl)c(C(N)=O)c1. The van der Waals surface area contributed by atoms with Gasteiger partial charge in [0.25, 0.3) is 0 Å². The van der Waals surface area contributed by atoms with E-state index in [-0.39, 0.29) is 22.4 Å². The fraction of sp³-hybridized carbons (Fsp3) is 0.333. The molecule has 5 N–H and O–H groups in total. The van der Waals surface area contributed by atoms with Crippen LogP contribution < -0.4 is 16.8 Å². The van der Waals surface area contributed by atoms with E-state index in [0.717, 1.165) is 0 Å². The lowest BCUT2D eigenvalue weighted by Gasteiger charge is -2.15. The Hall–Kier alpha value is -1.59. The molecular formula is C12H16ClN3O2. The number of hydrogen-bond acceptors (Lipinski definition) is 3. The molecule has 0 radical (unpaired) electrons. The van der Waals surface area contributed by atoms with Gasteiger partial charge in [0.1, 0.15) is 0 Å². The molecule has 0 spiro atoms. The molecule has 1 atom stereocenters. The number of rotatable bonds is 4. The summed E-state index contributed by atoms with van der Waals surface area (Å²) in [5.74, 6) is -0.945. The van der Waals surface area contributed by atoms with Gasteiger partial charge in [0.15, 0.2) is 0 Å². The summed E-state index contributed by atoms with van der Waals surface area (Å²) in [5, 5.41) is 2.86. The Kier molecular flexibility index (Phi) is 4.69. The number of carbonyl (C=O) groups excluding carboxylic acids is 2. The summed E-state index contributed by atoms with van der Waals surface area (Å²) in [6.07, 6.45) is 0. The molecule has 0 aliphatic rings. The van der Waals surface area contributed by atoms with E-state index in [0.29, 0.717) is 5.69 Å². The average molecular weight is 270 g/mol. The van der Waals surface area contributed by atoms with Crippen molar-refractivity contribution < 1.29 is 9.59 Å². The summed E-state index contributed by atoms with van der Waals surface area (Å²) in [5.41, 5.74) is 11.5. The second-order valence-corrected chi connectivity index (χ2v) is 4.73. The highest BCUT2D eigenvalue weighted by Crippen LogP contribution is 2.20. The first-order chi connectivity index (χ1) is 8.32. The Morgan fingerprint density at radius 3 is 2.44 bits per heavy atom. The number of anilines is 1. The summed E-state index contributed by atoms with van der Waals surface area (Å²) in [7, 11) is 0. The van der Waals surface area contributed by atoms with Gasteiger partial charge in [-0.3, -0.25) is 9.59 Å². The number of hydrogen-bond donors (Lipinski definition) is 3. The van der Waals surface area contributed by atoms with Gasteiger partial charge < -0.3 is 16.8 Å². The maximum Gasteiger partial charge on any atom is 0.250 e. The van der Waals surface area contributed by atoms with Gasteiger partial charge >= 0.3 is 0 Å². The molecular weight excluding hydrogens is 254 g/mol. The predicted molar refractivity (Wildman–Crippen MR) is 71.4 cm³/mol. The van der Waals surface area contributed by atoms with Crippen LogP contribution in [0.4, 0.5) is 5.69 Å². The molecule has 1 aromatic carbocycles. The zero-order valence-electron chi connectivity index (χ0n) is 10.2. The van der Waals surface area contributed by atoms with E-state index in [1.54, 1.807) is 6.07 Å². The summed E-state index contributed by atoms with van der Waals surface area (Å²) in [4.78, 5) is 22.8. The first-order valence-corrected chi connectivity index (χ1v) is 5.86. The largest absolute Gasteiger partial charge is 0.366 e. The zero-order chi connectivity index (χ0) is 13.9. The maximum atomic E-state index is 11.7. The van der Waals surface area contributed by atoms with Crippen LogP contribution in [0.15, 0.2) is 18.2 Å². The molecule has 5 nitrogen and oxygen atoms in total. The van der Waals surface area contributed by atoms with Gasteiger partial charge in [-0.25, -0.2) is 0 Å². The molecule has 0 aromatic heterocycles. The van der Waals surface area contributed by atoms with Crippen LogP contribution >= 0.6 is 11.6 Å². The van der Waals surface area contributed by atoms with E-state index in [4.69, 9.17) is 23.1 Å². The number of benzene rings is 1. The quantitative estimate of drug-likeness (QED) is 0.770. The van der Waals surface area contributed by atoms with Gasteiger partial charge in [0, 0.05) is 5.69 Å². The first kappa shape index (κ1) is 14.5. The van der Waals surface area contributed by atoms with Gasteiger partial charge in [-0.2, -0.15) is 0 Å². The van der Waals surface area contributed by atoms with Crippen molar-refractivity contribution in [3.8, 4) is 0 Å². The first-order valence-electron chi connectivity index (χ1n) is 5.48. The Labute approximate surface area is 110 Å². The molecule has 98 valence electrons. The molecule has 0 aliphatic heterocycles. The van der Waals surface area contributed by atoms with E-state index in [2.05, 4.69) is 5.32 Å². The van der Waals surface area contributed by atoms with Crippen molar-refractivity contribution in [2.75, 3.05) is 5.32 Å². The molecule has 0 heterocycles. The van der Waals surface area contributed by atoms with Crippen molar-refractivity contribution in [3.63, 3.8) is 0 Å². The number of halogens is 1. The van der Waals surface area contributed by atoms with Crippen molar-refractivity contribution in [2.24, 2.45) is 17.4 Å². The highest BCUT2D eigenvalue weighted by molar-refractivity contribution is 6.34. The van der Waals surface area contributed by atoms with Crippen molar-refractivity contribution in [2.45, 2.75) is 19.9 Å². The second-order valence-electron chi connectivity index (χ2n) is 4.32. The van der Waals surface area contributed by atoms with Crippen molar-refractivity contribution >= 4 is 29.1 Å². The third-order valence-electron chi connectivity index (χ3n) is 2.52. The lowest BCUT2D eigenvalue weighted by molar-refractivity contribution is -0.118. The van der Waals surface area contributed by atoms with Gasteiger partial charge in [0.05, 0.1) is 16.6 Å². The summed E-state index contributed by atoms with van der Waals surface area (Å²) in [6, 6.07) is 3.89. The molecule has 6 heteroatoms. The molecule has 1 unspecified atom stereocenters. The van der Waals surface area contributed by atoms with Crippen LogP contribution in [0.25, 0.3) is 0 Å². The highest BCUT2D eigenvalue weighted by Gasteiger charge is 2.17. The molecule has 1 rings (SSSR count). The fourth-order valence-electron chi connectivity index (χ4n) is 1.32. The zero-order valence-corrected chi connectivity index (χ0v) is 11.0. The molecule has 0 bridgehead atoms. The van der Waals surface area contributed by atoms with Crippen LogP contribution in [0.5, 0.6) is 0 Å². The Bertz CT molecular complexity index is 474. The minimum Gasteiger partial charge on any atom is -0.366 e. The lowest BCUT2D eigenvalue weighted by atomic mass is 10.0. The number of carbonyl (C=O) groups is 2. The number of primary amides is 1. The Morgan fingerprint density at radius 1 is 1.33 bits per heavy atom. The summed E-state index contributed by atoms with van der Waals surface area (Å²) < 4.78 is 0. The normalized spacial score (nSPS) is 12.3. The van der Waals surface area contributed by atoms with Crippen LogP contribution in [-0.4, -0.2) is 17.9 Å². The van der Waals surface area contributed by atoms with Gasteiger partial charge in [-0.1, -0.05) is 25.4 Å². The minimum absolute atomic E-state index is 0.0212. The maximum absolute atomic E-state index is 11.7. The number of amides is 2. The molecule has 2 amide bonds. The molecule has 18 heavy (non-hydrogen) atoms. The number of nitrogens with two attached hydrogens (primary N) is 2. The van der Waals surface area contributed by atoms with E-state index in [1.807, 2.05) is 13.8 Å². The van der Waals surface area contributed by atoms with Crippen LogP contribution in [0, 0.1) is 5.92 Å². The van der Waals surface area contributed by atoms with Gasteiger partial charge in [-0.05, 0) is 24.1 Å². The van der Waals surface area contributed by atoms with Crippen LogP contribution in [0.1, 0.15) is 24.2 Å². The van der Waals surface area contributed by atoms with Crippen molar-refractivity contribution in [3.05, 3.63) is 28.8 Å². The van der Waals surface area contributed by atoms with Crippen LogP contribution in [-0.2, 0) is 4.79 Å². The van der Waals surface area contributed by atoms with Crippen LogP contribution in [0.3, 0.4) is 0 Å². The third-order valence-corrected chi connectivity index (χ3v) is 2.85. The van der Waals surface area contributed by atoms with E-state index in [9.17, 15) is 9.59 Å².